The third-order valence-electron chi connectivity index (χ3n) is 2.74. The number of nitrogens with zero attached hydrogens (tertiary/aromatic N) is 4. The first kappa shape index (κ1) is 12.8. The van der Waals surface area contributed by atoms with Crippen LogP contribution in [0.25, 0.3) is 0 Å². The molecular weight excluding hydrogens is 240 g/mol. The molecule has 1 heterocycles. The van der Waals surface area contributed by atoms with Gasteiger partial charge in [0.05, 0.1) is 7.11 Å². The highest BCUT2D eigenvalue weighted by Crippen LogP contribution is 2.24. The first-order valence-electron chi connectivity index (χ1n) is 5.77. The molecule has 0 aliphatic rings. The van der Waals surface area contributed by atoms with Crippen molar-refractivity contribution < 1.29 is 4.74 Å². The highest BCUT2D eigenvalue weighted by Gasteiger charge is 2.08. The van der Waals surface area contributed by atoms with E-state index in [0.717, 1.165) is 11.4 Å². The van der Waals surface area contributed by atoms with Gasteiger partial charge in [0.15, 0.2) is 0 Å². The van der Waals surface area contributed by atoms with Crippen LogP contribution in [0, 0.1) is 18.3 Å². The molecule has 1 aromatic heterocycles. The van der Waals surface area contributed by atoms with E-state index in [9.17, 15) is 0 Å². The van der Waals surface area contributed by atoms with Gasteiger partial charge in [-0.3, -0.25) is 0 Å². The molecule has 1 aromatic carbocycles. The van der Waals surface area contributed by atoms with E-state index in [4.69, 9.17) is 10.00 Å². The normalized spacial score (nSPS) is 9.79. The van der Waals surface area contributed by atoms with Crippen molar-refractivity contribution in [2.45, 2.75) is 6.92 Å². The van der Waals surface area contributed by atoms with Crippen LogP contribution in [0.3, 0.4) is 0 Å². The zero-order valence-corrected chi connectivity index (χ0v) is 11.1. The zero-order valence-electron chi connectivity index (χ0n) is 11.1. The molecule has 0 radical (unpaired) electrons. The maximum atomic E-state index is 8.93. The van der Waals surface area contributed by atoms with Gasteiger partial charge < -0.3 is 9.64 Å². The Morgan fingerprint density at radius 2 is 1.89 bits per heavy atom. The molecule has 0 amide bonds. The van der Waals surface area contributed by atoms with Gasteiger partial charge >= 0.3 is 0 Å². The Kier molecular flexibility index (Phi) is 3.62. The number of anilines is 2. The summed E-state index contributed by atoms with van der Waals surface area (Å²) in [6.07, 6.45) is 0. The summed E-state index contributed by atoms with van der Waals surface area (Å²) >= 11 is 0. The number of ether oxygens (including phenoxy) is 1. The molecule has 0 aliphatic heterocycles. The van der Waals surface area contributed by atoms with Crippen LogP contribution in [0.1, 0.15) is 11.5 Å². The smallest absolute Gasteiger partial charge is 0.146 e. The number of nitriles is 1. The lowest BCUT2D eigenvalue weighted by molar-refractivity contribution is 0.415. The number of hydrogen-bond donors (Lipinski definition) is 0. The van der Waals surface area contributed by atoms with Gasteiger partial charge in [-0.2, -0.15) is 5.26 Å². The fraction of sp³-hybridized carbons (Fsp3) is 0.214. The molecule has 96 valence electrons. The highest BCUT2D eigenvalue weighted by atomic mass is 16.5. The quantitative estimate of drug-likeness (QED) is 0.841. The second-order valence-electron chi connectivity index (χ2n) is 4.03. The van der Waals surface area contributed by atoms with Crippen molar-refractivity contribution in [2.75, 3.05) is 19.1 Å². The summed E-state index contributed by atoms with van der Waals surface area (Å²) in [7, 11) is 3.52. The van der Waals surface area contributed by atoms with Gasteiger partial charge in [-0.05, 0) is 31.2 Å². The molecule has 2 rings (SSSR count). The lowest BCUT2D eigenvalue weighted by atomic mass is 10.2. The fourth-order valence-electron chi connectivity index (χ4n) is 1.72. The van der Waals surface area contributed by atoms with Crippen LogP contribution >= 0.6 is 0 Å². The molecule has 0 bridgehead atoms. The maximum absolute atomic E-state index is 8.93. The Bertz CT molecular complexity index is 616. The van der Waals surface area contributed by atoms with Crippen molar-refractivity contribution >= 4 is 11.5 Å². The first-order valence-corrected chi connectivity index (χ1v) is 5.77. The molecule has 0 N–H and O–H groups in total. The number of aromatic nitrogens is 2. The molecule has 5 heteroatoms. The lowest BCUT2D eigenvalue weighted by Gasteiger charge is -2.18. The second-order valence-corrected chi connectivity index (χ2v) is 4.03. The largest absolute Gasteiger partial charge is 0.497 e. The Hall–Kier alpha value is -2.61. The van der Waals surface area contributed by atoms with E-state index in [1.165, 1.54) is 0 Å². The third kappa shape index (κ3) is 2.80. The standard InChI is InChI=1S/C14H14N4O/c1-10-16-11(9-15)8-14(17-10)18(2)12-4-6-13(19-3)7-5-12/h4-8H,1-3H3. The fourth-order valence-corrected chi connectivity index (χ4v) is 1.72. The van der Waals surface area contributed by atoms with Gasteiger partial charge in [-0.15, -0.1) is 0 Å². The predicted molar refractivity (Wildman–Crippen MR) is 72.5 cm³/mol. The summed E-state index contributed by atoms with van der Waals surface area (Å²) in [5, 5.41) is 8.93. The molecule has 0 atom stereocenters. The van der Waals surface area contributed by atoms with Crippen LogP contribution in [-0.2, 0) is 0 Å². The zero-order chi connectivity index (χ0) is 13.8. The Morgan fingerprint density at radius 1 is 1.21 bits per heavy atom. The number of rotatable bonds is 3. The minimum Gasteiger partial charge on any atom is -0.497 e. The molecule has 0 saturated carbocycles. The van der Waals surface area contributed by atoms with Crippen LogP contribution in [0.5, 0.6) is 5.75 Å². The van der Waals surface area contributed by atoms with Crippen LogP contribution in [0.15, 0.2) is 30.3 Å². The van der Waals surface area contributed by atoms with Gasteiger partial charge in [0.1, 0.15) is 29.2 Å². The van der Waals surface area contributed by atoms with E-state index >= 15 is 0 Å². The van der Waals surface area contributed by atoms with Crippen molar-refractivity contribution in [3.05, 3.63) is 41.9 Å². The molecule has 0 aliphatic carbocycles. The molecule has 2 aromatic rings. The summed E-state index contributed by atoms with van der Waals surface area (Å²) in [6, 6.07) is 11.3. The van der Waals surface area contributed by atoms with Gasteiger partial charge in [0.25, 0.3) is 0 Å². The minimum atomic E-state index is 0.364. The molecule has 0 saturated heterocycles. The van der Waals surface area contributed by atoms with Gasteiger partial charge in [0, 0.05) is 18.8 Å². The van der Waals surface area contributed by atoms with Crippen LogP contribution in [0.2, 0.25) is 0 Å². The topological polar surface area (TPSA) is 62.0 Å². The SMILES string of the molecule is COc1ccc(N(C)c2cc(C#N)nc(C)n2)cc1. The molecule has 19 heavy (non-hydrogen) atoms. The summed E-state index contributed by atoms with van der Waals surface area (Å²) in [6.45, 7) is 1.77. The number of benzene rings is 1. The average Bonchev–Trinajstić information content (AvgIpc) is 2.46. The monoisotopic (exact) mass is 254 g/mol. The number of methoxy groups -OCH3 is 1. The lowest BCUT2D eigenvalue weighted by Crippen LogP contribution is -2.12. The summed E-state index contributed by atoms with van der Waals surface area (Å²) in [5.74, 6) is 2.07. The van der Waals surface area contributed by atoms with E-state index in [-0.39, 0.29) is 0 Å². The van der Waals surface area contributed by atoms with Crippen LogP contribution in [0.4, 0.5) is 11.5 Å². The predicted octanol–water partition coefficient (Wildman–Crippen LogP) is 2.43. The Balaban J connectivity index is 2.35. The van der Waals surface area contributed by atoms with Crippen molar-refractivity contribution in [1.29, 1.82) is 5.26 Å². The van der Waals surface area contributed by atoms with Crippen molar-refractivity contribution in [3.8, 4) is 11.8 Å². The first-order chi connectivity index (χ1) is 9.13. The summed E-state index contributed by atoms with van der Waals surface area (Å²) < 4.78 is 5.12. The Labute approximate surface area is 112 Å². The molecule has 0 spiro atoms. The Morgan fingerprint density at radius 3 is 2.47 bits per heavy atom. The van der Waals surface area contributed by atoms with E-state index in [2.05, 4.69) is 9.97 Å². The summed E-state index contributed by atoms with van der Waals surface area (Å²) in [5.41, 5.74) is 1.32. The van der Waals surface area contributed by atoms with Crippen molar-refractivity contribution in [3.63, 3.8) is 0 Å². The van der Waals surface area contributed by atoms with Gasteiger partial charge in [-0.25, -0.2) is 9.97 Å². The molecular formula is C14H14N4O. The number of hydrogen-bond acceptors (Lipinski definition) is 5. The van der Waals surface area contributed by atoms with Crippen molar-refractivity contribution in [1.82, 2.24) is 9.97 Å². The highest BCUT2D eigenvalue weighted by molar-refractivity contribution is 5.60. The van der Waals surface area contributed by atoms with Crippen LogP contribution < -0.4 is 9.64 Å². The van der Waals surface area contributed by atoms with Gasteiger partial charge in [-0.1, -0.05) is 0 Å². The van der Waals surface area contributed by atoms with E-state index in [0.29, 0.717) is 17.3 Å². The summed E-state index contributed by atoms with van der Waals surface area (Å²) in [4.78, 5) is 10.3. The number of aryl methyl sites for hydroxylation is 1. The molecule has 0 fully saturated rings. The van der Waals surface area contributed by atoms with Crippen molar-refractivity contribution in [2.24, 2.45) is 0 Å². The van der Waals surface area contributed by atoms with E-state index < -0.39 is 0 Å². The maximum Gasteiger partial charge on any atom is 0.146 e. The van der Waals surface area contributed by atoms with Gasteiger partial charge in [0.2, 0.25) is 0 Å². The van der Waals surface area contributed by atoms with E-state index in [1.807, 2.05) is 42.3 Å². The average molecular weight is 254 g/mol. The third-order valence-corrected chi connectivity index (χ3v) is 2.74. The van der Waals surface area contributed by atoms with E-state index in [1.54, 1.807) is 20.1 Å². The minimum absolute atomic E-state index is 0.364. The second kappa shape index (κ2) is 5.36. The molecule has 5 nitrogen and oxygen atoms in total. The molecule has 0 unspecified atom stereocenters. The van der Waals surface area contributed by atoms with Crippen LogP contribution in [-0.4, -0.2) is 24.1 Å².